The Kier molecular flexibility index (Phi) is 6.35. The predicted octanol–water partition coefficient (Wildman–Crippen LogP) is 1.41. The summed E-state index contributed by atoms with van der Waals surface area (Å²) in [5.41, 5.74) is 3.43. The minimum absolute atomic E-state index is 0.0515. The summed E-state index contributed by atoms with van der Waals surface area (Å²) in [5.74, 6) is 1.15. The van der Waals surface area contributed by atoms with Gasteiger partial charge in [-0.05, 0) is 45.4 Å². The molecule has 8 atom stereocenters. The summed E-state index contributed by atoms with van der Waals surface area (Å²) < 4.78 is 11.2. The lowest BCUT2D eigenvalue weighted by molar-refractivity contribution is -0.138. The molecule has 4 fully saturated rings. The van der Waals surface area contributed by atoms with Crippen LogP contribution in [-0.4, -0.2) is 91.4 Å². The molecule has 8 heteroatoms. The molecular formula is C24H41N5O3. The second-order valence-corrected chi connectivity index (χ2v) is 11.0. The number of hydrazine groups is 1. The van der Waals surface area contributed by atoms with E-state index < -0.39 is 0 Å². The maximum Gasteiger partial charge on any atom is 0.229 e. The number of aliphatic imine (C=N–C) groups is 1. The highest BCUT2D eigenvalue weighted by atomic mass is 16.5. The van der Waals surface area contributed by atoms with E-state index in [1.54, 1.807) is 7.11 Å². The van der Waals surface area contributed by atoms with E-state index in [0.717, 1.165) is 58.4 Å². The van der Waals surface area contributed by atoms with Crippen LogP contribution in [0, 0.1) is 17.8 Å². The van der Waals surface area contributed by atoms with Gasteiger partial charge in [0.15, 0.2) is 0 Å². The molecule has 4 saturated heterocycles. The van der Waals surface area contributed by atoms with Gasteiger partial charge in [0.25, 0.3) is 0 Å². The molecule has 2 N–H and O–H groups in total. The van der Waals surface area contributed by atoms with Crippen molar-refractivity contribution >= 4 is 12.1 Å². The Morgan fingerprint density at radius 2 is 2.16 bits per heavy atom. The molecule has 0 aromatic heterocycles. The first kappa shape index (κ1) is 22.7. The lowest BCUT2D eigenvalue weighted by Gasteiger charge is -2.46. The highest BCUT2D eigenvalue weighted by Gasteiger charge is 2.60. The average molecular weight is 448 g/mol. The molecule has 0 radical (unpaired) electrons. The molecule has 1 amide bonds. The lowest BCUT2D eigenvalue weighted by atomic mass is 9.71. The summed E-state index contributed by atoms with van der Waals surface area (Å²) >= 11 is 0. The Labute approximate surface area is 192 Å². The number of fused-ring (bicyclic) bond motifs is 1. The SMILES string of the molecule is CCC1CC(C2C=NCC(OC)C2)NC2C1C(=O)N(C1CCN([C@@H]3CCOC3)N1)C2(C)C. The zero-order valence-electron chi connectivity index (χ0n) is 20.1. The summed E-state index contributed by atoms with van der Waals surface area (Å²) in [4.78, 5) is 20.7. The van der Waals surface area contributed by atoms with E-state index in [0.29, 0.717) is 29.8 Å². The highest BCUT2D eigenvalue weighted by molar-refractivity contribution is 5.84. The Morgan fingerprint density at radius 1 is 1.31 bits per heavy atom. The topological polar surface area (TPSA) is 78.4 Å². The molecule has 5 aliphatic rings. The number of piperidine rings is 1. The van der Waals surface area contributed by atoms with E-state index in [9.17, 15) is 4.79 Å². The van der Waals surface area contributed by atoms with Gasteiger partial charge < -0.3 is 19.7 Å². The Morgan fingerprint density at radius 3 is 2.88 bits per heavy atom. The number of ether oxygens (including phenoxy) is 2. The molecule has 5 heterocycles. The van der Waals surface area contributed by atoms with Gasteiger partial charge in [0.1, 0.15) is 0 Å². The summed E-state index contributed by atoms with van der Waals surface area (Å²) in [7, 11) is 1.79. The molecule has 5 aliphatic heterocycles. The fourth-order valence-corrected chi connectivity index (χ4v) is 7.02. The standard InChI is InChI=1S/C24H41N5O3/c1-5-15-11-19(16-10-18(31-4)13-25-12-16)26-22-21(15)23(30)29(24(22,2)3)20-6-8-28(27-20)17-7-9-32-14-17/h12,15-22,26-27H,5-11,13-14H2,1-4H3/t15?,16?,17-,18?,19?,20?,21?,22?/m1/s1. The first-order valence-electron chi connectivity index (χ1n) is 12.7. The second kappa shape index (κ2) is 8.95. The van der Waals surface area contributed by atoms with Crippen molar-refractivity contribution in [2.45, 2.75) is 88.8 Å². The number of likely N-dealkylation sites (tertiary alicyclic amines) is 1. The third kappa shape index (κ3) is 3.82. The molecule has 5 rings (SSSR count). The molecule has 0 aromatic rings. The van der Waals surface area contributed by atoms with Crippen molar-refractivity contribution in [3.05, 3.63) is 0 Å². The van der Waals surface area contributed by atoms with Crippen LogP contribution in [0.4, 0.5) is 0 Å². The van der Waals surface area contributed by atoms with Crippen molar-refractivity contribution in [1.82, 2.24) is 20.7 Å². The average Bonchev–Trinajstić information content (AvgIpc) is 3.53. The Bertz CT molecular complexity index is 724. The van der Waals surface area contributed by atoms with Crippen molar-refractivity contribution in [3.63, 3.8) is 0 Å². The monoisotopic (exact) mass is 447 g/mol. The number of amides is 1. The first-order chi connectivity index (χ1) is 15.4. The molecule has 32 heavy (non-hydrogen) atoms. The van der Waals surface area contributed by atoms with Crippen molar-refractivity contribution < 1.29 is 14.3 Å². The number of carbonyl (C=O) groups is 1. The fraction of sp³-hybridized carbons (Fsp3) is 0.917. The first-order valence-corrected chi connectivity index (χ1v) is 12.7. The smallest absolute Gasteiger partial charge is 0.229 e. The second-order valence-electron chi connectivity index (χ2n) is 11.0. The van der Waals surface area contributed by atoms with Crippen LogP contribution in [0.5, 0.6) is 0 Å². The third-order valence-electron chi connectivity index (χ3n) is 8.85. The van der Waals surface area contributed by atoms with Crippen molar-refractivity contribution in [2.24, 2.45) is 22.7 Å². The van der Waals surface area contributed by atoms with Crippen LogP contribution in [0.25, 0.3) is 0 Å². The van der Waals surface area contributed by atoms with Gasteiger partial charge in [0, 0.05) is 50.5 Å². The molecule has 0 bridgehead atoms. The minimum Gasteiger partial charge on any atom is -0.380 e. The van der Waals surface area contributed by atoms with Crippen LogP contribution < -0.4 is 10.7 Å². The quantitative estimate of drug-likeness (QED) is 0.664. The largest absolute Gasteiger partial charge is 0.380 e. The zero-order valence-corrected chi connectivity index (χ0v) is 20.1. The number of methoxy groups -OCH3 is 1. The van der Waals surface area contributed by atoms with Crippen LogP contribution in [0.15, 0.2) is 4.99 Å². The zero-order chi connectivity index (χ0) is 22.5. The van der Waals surface area contributed by atoms with Crippen molar-refractivity contribution in [1.29, 1.82) is 0 Å². The summed E-state index contributed by atoms with van der Waals surface area (Å²) in [6, 6.07) is 0.924. The van der Waals surface area contributed by atoms with Gasteiger partial charge in [-0.1, -0.05) is 13.3 Å². The number of carbonyl (C=O) groups excluding carboxylic acids is 1. The highest BCUT2D eigenvalue weighted by Crippen LogP contribution is 2.46. The molecule has 0 aliphatic carbocycles. The van der Waals surface area contributed by atoms with Gasteiger partial charge in [0.2, 0.25) is 5.91 Å². The van der Waals surface area contributed by atoms with E-state index in [2.05, 4.69) is 52.6 Å². The van der Waals surface area contributed by atoms with E-state index in [1.807, 2.05) is 0 Å². The number of hydrogen-bond acceptors (Lipinski definition) is 7. The van der Waals surface area contributed by atoms with Crippen LogP contribution >= 0.6 is 0 Å². The van der Waals surface area contributed by atoms with Crippen molar-refractivity contribution in [2.75, 3.05) is 33.4 Å². The van der Waals surface area contributed by atoms with Gasteiger partial charge in [-0.25, -0.2) is 10.4 Å². The Balaban J connectivity index is 1.34. The van der Waals surface area contributed by atoms with E-state index in [4.69, 9.17) is 9.47 Å². The van der Waals surface area contributed by atoms with Gasteiger partial charge in [-0.3, -0.25) is 9.79 Å². The van der Waals surface area contributed by atoms with Crippen LogP contribution in [0.1, 0.15) is 52.9 Å². The van der Waals surface area contributed by atoms with Crippen LogP contribution in [0.2, 0.25) is 0 Å². The molecular weight excluding hydrogens is 406 g/mol. The number of nitrogens with one attached hydrogen (secondary N) is 2. The van der Waals surface area contributed by atoms with Crippen LogP contribution in [-0.2, 0) is 14.3 Å². The number of hydrogen-bond donors (Lipinski definition) is 2. The van der Waals surface area contributed by atoms with Crippen LogP contribution in [0.3, 0.4) is 0 Å². The van der Waals surface area contributed by atoms with Gasteiger partial charge in [-0.2, -0.15) is 0 Å². The van der Waals surface area contributed by atoms with E-state index >= 15 is 0 Å². The van der Waals surface area contributed by atoms with Gasteiger partial charge in [-0.15, -0.1) is 0 Å². The Hall–Kier alpha value is -1.06. The predicted molar refractivity (Wildman–Crippen MR) is 123 cm³/mol. The molecule has 8 nitrogen and oxygen atoms in total. The molecule has 180 valence electrons. The van der Waals surface area contributed by atoms with E-state index in [1.165, 1.54) is 0 Å². The third-order valence-corrected chi connectivity index (χ3v) is 8.85. The number of nitrogens with zero attached hydrogens (tertiary/aromatic N) is 3. The molecule has 0 spiro atoms. The minimum atomic E-state index is -0.250. The lowest BCUT2D eigenvalue weighted by Crippen LogP contribution is -2.62. The summed E-state index contributed by atoms with van der Waals surface area (Å²) in [6.07, 6.45) is 7.52. The normalized spacial score (nSPS) is 44.4. The van der Waals surface area contributed by atoms with Gasteiger partial charge in [0.05, 0.1) is 36.9 Å². The summed E-state index contributed by atoms with van der Waals surface area (Å²) in [6.45, 7) is 10.1. The molecule has 0 aromatic carbocycles. The number of rotatable bonds is 5. The molecule has 7 unspecified atom stereocenters. The maximum atomic E-state index is 13.9. The molecule has 0 saturated carbocycles. The maximum absolute atomic E-state index is 13.9. The van der Waals surface area contributed by atoms with Gasteiger partial charge >= 0.3 is 0 Å². The van der Waals surface area contributed by atoms with E-state index in [-0.39, 0.29) is 29.8 Å². The fourth-order valence-electron chi connectivity index (χ4n) is 7.02. The summed E-state index contributed by atoms with van der Waals surface area (Å²) in [5, 5.41) is 6.28. The van der Waals surface area contributed by atoms with Crippen molar-refractivity contribution in [3.8, 4) is 0 Å².